The molecule has 1 unspecified atom stereocenters. The van der Waals surface area contributed by atoms with Crippen molar-refractivity contribution in [2.45, 2.75) is 75.9 Å². The van der Waals surface area contributed by atoms with Crippen molar-refractivity contribution in [2.75, 3.05) is 19.0 Å². The van der Waals surface area contributed by atoms with Crippen molar-refractivity contribution in [3.05, 3.63) is 47.2 Å². The van der Waals surface area contributed by atoms with Crippen LogP contribution in [0.2, 0.25) is 24.7 Å². The summed E-state index contributed by atoms with van der Waals surface area (Å²) in [6.45, 7) is 11.5. The summed E-state index contributed by atoms with van der Waals surface area (Å²) in [6.07, 6.45) is 2.99. The molecular weight excluding hydrogens is 446 g/mol. The van der Waals surface area contributed by atoms with Crippen LogP contribution in [-0.2, 0) is 21.6 Å². The van der Waals surface area contributed by atoms with Gasteiger partial charge in [0.15, 0.2) is 5.82 Å². The zero-order valence-corrected chi connectivity index (χ0v) is 22.1. The molecule has 34 heavy (non-hydrogen) atoms. The van der Waals surface area contributed by atoms with Crippen molar-refractivity contribution < 1.29 is 14.3 Å². The molecule has 2 heterocycles. The fourth-order valence-corrected chi connectivity index (χ4v) is 7.92. The number of methoxy groups -OCH3 is 1. The van der Waals surface area contributed by atoms with Crippen LogP contribution in [0.25, 0.3) is 0 Å². The molecule has 1 fully saturated rings. The van der Waals surface area contributed by atoms with Gasteiger partial charge in [0.1, 0.15) is 0 Å². The third-order valence-corrected chi connectivity index (χ3v) is 11.5. The van der Waals surface area contributed by atoms with Crippen LogP contribution >= 0.6 is 0 Å². The number of nitrogens with zero attached hydrogens (tertiary/aromatic N) is 2. The molecule has 1 aromatic carbocycles. The van der Waals surface area contributed by atoms with E-state index >= 15 is 0 Å². The summed E-state index contributed by atoms with van der Waals surface area (Å²) >= 11 is 0. The second-order valence-corrected chi connectivity index (χ2v) is 16.5. The van der Waals surface area contributed by atoms with Crippen molar-refractivity contribution in [3.8, 4) is 0 Å². The molecule has 1 atom stereocenters. The number of urea groups is 1. The first kappa shape index (κ1) is 24.5. The minimum absolute atomic E-state index is 0.0807. The van der Waals surface area contributed by atoms with E-state index in [-0.39, 0.29) is 23.0 Å². The average molecular weight is 484 g/mol. The van der Waals surface area contributed by atoms with Gasteiger partial charge in [0.25, 0.3) is 0 Å². The van der Waals surface area contributed by atoms with E-state index in [2.05, 4.69) is 40.5 Å². The third-order valence-electron chi connectivity index (χ3n) is 7.86. The Bertz CT molecular complexity index is 1060. The maximum absolute atomic E-state index is 13.4. The van der Waals surface area contributed by atoms with Crippen LogP contribution in [0.1, 0.15) is 56.0 Å². The molecule has 1 aliphatic heterocycles. The van der Waals surface area contributed by atoms with E-state index < -0.39 is 13.6 Å². The van der Waals surface area contributed by atoms with Gasteiger partial charge in [0.05, 0.1) is 38.5 Å². The topological polar surface area (TPSA) is 99.3 Å². The number of fused-ring (bicyclic) bond motifs is 1. The fraction of sp³-hybridized carbons (Fsp3) is 0.560. The summed E-state index contributed by atoms with van der Waals surface area (Å²) in [5.74, 6) is 0.626. The lowest BCUT2D eigenvalue weighted by Gasteiger charge is -2.48. The Morgan fingerprint density at radius 3 is 2.44 bits per heavy atom. The SMILES string of the molecule is COCC(NC(=O)N1Cc2c(NC(=O)C3([Si](C)(C)C)CCC3)n[nH]c2C1(C)C)c1ccccc1. The maximum Gasteiger partial charge on any atom is 0.319 e. The molecule has 0 bridgehead atoms. The highest BCUT2D eigenvalue weighted by Crippen LogP contribution is 2.56. The molecular formula is C25H37N5O3Si. The number of benzene rings is 1. The minimum Gasteiger partial charge on any atom is -0.382 e. The van der Waals surface area contributed by atoms with Gasteiger partial charge in [-0.2, -0.15) is 5.10 Å². The Labute approximate surface area is 202 Å². The summed E-state index contributed by atoms with van der Waals surface area (Å²) < 4.78 is 5.37. The summed E-state index contributed by atoms with van der Waals surface area (Å²) in [6, 6.07) is 9.36. The molecule has 0 spiro atoms. The number of carbonyl (C=O) groups is 2. The Balaban J connectivity index is 1.52. The molecule has 0 saturated heterocycles. The molecule has 2 aliphatic rings. The number of hydrogen-bond donors (Lipinski definition) is 3. The zero-order chi connectivity index (χ0) is 24.7. The zero-order valence-electron chi connectivity index (χ0n) is 21.1. The van der Waals surface area contributed by atoms with Gasteiger partial charge >= 0.3 is 6.03 Å². The molecule has 9 heteroatoms. The van der Waals surface area contributed by atoms with E-state index in [1.807, 2.05) is 44.2 Å². The van der Waals surface area contributed by atoms with Crippen molar-refractivity contribution in [1.29, 1.82) is 0 Å². The second-order valence-electron chi connectivity index (χ2n) is 11.1. The third kappa shape index (κ3) is 4.05. The number of rotatable bonds is 7. The number of H-pyrrole nitrogens is 1. The number of hydrogen-bond acceptors (Lipinski definition) is 4. The normalized spacial score (nSPS) is 19.2. The number of nitrogens with one attached hydrogen (secondary N) is 3. The van der Waals surface area contributed by atoms with Gasteiger partial charge in [-0.15, -0.1) is 0 Å². The Hall–Kier alpha value is -2.65. The van der Waals surface area contributed by atoms with E-state index in [1.54, 1.807) is 12.0 Å². The molecule has 2 aromatic rings. The molecule has 1 aliphatic carbocycles. The monoisotopic (exact) mass is 483 g/mol. The highest BCUT2D eigenvalue weighted by molar-refractivity contribution is 6.83. The van der Waals surface area contributed by atoms with Gasteiger partial charge in [-0.3, -0.25) is 9.89 Å². The molecule has 1 saturated carbocycles. The van der Waals surface area contributed by atoms with Crippen LogP contribution in [0, 0.1) is 0 Å². The molecule has 3 N–H and O–H groups in total. The molecule has 184 valence electrons. The Morgan fingerprint density at radius 1 is 1.21 bits per heavy atom. The van der Waals surface area contributed by atoms with Gasteiger partial charge in [-0.05, 0) is 32.3 Å². The molecule has 4 rings (SSSR count). The lowest BCUT2D eigenvalue weighted by molar-refractivity contribution is -0.121. The van der Waals surface area contributed by atoms with Gasteiger partial charge in [-0.1, -0.05) is 56.4 Å². The number of carbonyl (C=O) groups excluding carboxylic acids is 2. The smallest absolute Gasteiger partial charge is 0.319 e. The number of amides is 3. The number of aromatic nitrogens is 2. The van der Waals surface area contributed by atoms with E-state index in [0.717, 1.165) is 36.1 Å². The van der Waals surface area contributed by atoms with Crippen molar-refractivity contribution in [2.24, 2.45) is 0 Å². The fourth-order valence-electron chi connectivity index (χ4n) is 5.32. The van der Waals surface area contributed by atoms with E-state index in [0.29, 0.717) is 19.0 Å². The summed E-state index contributed by atoms with van der Waals surface area (Å²) in [4.78, 5) is 28.6. The van der Waals surface area contributed by atoms with Crippen LogP contribution in [0.5, 0.6) is 0 Å². The Morgan fingerprint density at radius 2 is 1.88 bits per heavy atom. The first-order valence-electron chi connectivity index (χ1n) is 12.0. The van der Waals surface area contributed by atoms with Crippen LogP contribution in [-0.4, -0.2) is 48.8 Å². The highest BCUT2D eigenvalue weighted by Gasteiger charge is 2.54. The molecule has 1 aromatic heterocycles. The van der Waals surface area contributed by atoms with E-state index in [1.165, 1.54) is 0 Å². The van der Waals surface area contributed by atoms with Crippen LogP contribution < -0.4 is 10.6 Å². The van der Waals surface area contributed by atoms with Crippen LogP contribution in [0.15, 0.2) is 30.3 Å². The second kappa shape index (κ2) is 8.85. The van der Waals surface area contributed by atoms with Gasteiger partial charge in [-0.25, -0.2) is 4.79 Å². The minimum atomic E-state index is -1.70. The molecule has 0 radical (unpaired) electrons. The Kier molecular flexibility index (Phi) is 6.37. The van der Waals surface area contributed by atoms with Gasteiger partial charge in [0, 0.05) is 17.7 Å². The standard InChI is InChI=1S/C25H37N5O3Si/c1-24(2)20-18(21(29-28-20)27-22(31)25(13-10-14-25)34(4,5)6)15-30(24)23(32)26-19(16-33-3)17-11-8-7-9-12-17/h7-9,11-12,19H,10,13-16H2,1-6H3,(H,26,32)(H2,27,28,29,31). The van der Waals surface area contributed by atoms with E-state index in [4.69, 9.17) is 4.74 Å². The average Bonchev–Trinajstić information content (AvgIpc) is 3.24. The predicted molar refractivity (Wildman–Crippen MR) is 135 cm³/mol. The van der Waals surface area contributed by atoms with Gasteiger partial charge in [0.2, 0.25) is 5.91 Å². The predicted octanol–water partition coefficient (Wildman–Crippen LogP) is 4.76. The van der Waals surface area contributed by atoms with Crippen molar-refractivity contribution in [1.82, 2.24) is 20.4 Å². The summed E-state index contributed by atoms with van der Waals surface area (Å²) in [5, 5.41) is 13.6. The summed E-state index contributed by atoms with van der Waals surface area (Å²) in [7, 11) is -0.0733. The number of aromatic amines is 1. The van der Waals surface area contributed by atoms with Crippen LogP contribution in [0.4, 0.5) is 10.6 Å². The molecule has 8 nitrogen and oxygen atoms in total. The first-order valence-corrected chi connectivity index (χ1v) is 15.5. The largest absolute Gasteiger partial charge is 0.382 e. The highest BCUT2D eigenvalue weighted by atomic mass is 28.3. The van der Waals surface area contributed by atoms with Gasteiger partial charge < -0.3 is 20.3 Å². The van der Waals surface area contributed by atoms with E-state index in [9.17, 15) is 9.59 Å². The van der Waals surface area contributed by atoms with Crippen molar-refractivity contribution >= 4 is 25.8 Å². The lowest BCUT2D eigenvalue weighted by Crippen LogP contribution is -2.52. The first-order chi connectivity index (χ1) is 16.0. The van der Waals surface area contributed by atoms with Crippen molar-refractivity contribution in [3.63, 3.8) is 0 Å². The lowest BCUT2D eigenvalue weighted by atomic mass is 9.83. The van der Waals surface area contributed by atoms with Crippen LogP contribution in [0.3, 0.4) is 0 Å². The maximum atomic E-state index is 13.4. The summed E-state index contributed by atoms with van der Waals surface area (Å²) in [5.41, 5.74) is 2.12. The number of ether oxygens (including phenoxy) is 1. The molecule has 3 amide bonds. The quantitative estimate of drug-likeness (QED) is 0.495. The number of anilines is 1.